The minimum absolute atomic E-state index is 0.129. The van der Waals surface area contributed by atoms with Crippen molar-refractivity contribution >= 4 is 16.7 Å². The molecule has 0 unspecified atom stereocenters. The standard InChI is InChI=1S/C24H34N2O4/c1-14(2)12-26-13-19(23(27)25-20-9-7-8-15(3)16(20)4)17-10-21(29-5)22(30-6)11-18(17)24(26)28/h10-11,13-16,20H,7-9,12H2,1-6H3,(H,25,27)/t15-,16-,20-/m1/s1. The van der Waals surface area contributed by atoms with Crippen molar-refractivity contribution in [3.8, 4) is 11.5 Å². The fourth-order valence-electron chi connectivity index (χ4n) is 4.46. The lowest BCUT2D eigenvalue weighted by Gasteiger charge is -2.34. The molecule has 0 saturated heterocycles. The summed E-state index contributed by atoms with van der Waals surface area (Å²) < 4.78 is 12.5. The summed E-state index contributed by atoms with van der Waals surface area (Å²) in [6.45, 7) is 9.10. The Labute approximate surface area is 178 Å². The van der Waals surface area contributed by atoms with Gasteiger partial charge in [0, 0.05) is 24.2 Å². The summed E-state index contributed by atoms with van der Waals surface area (Å²) in [7, 11) is 3.09. The van der Waals surface area contributed by atoms with E-state index in [4.69, 9.17) is 9.47 Å². The monoisotopic (exact) mass is 414 g/mol. The van der Waals surface area contributed by atoms with E-state index < -0.39 is 0 Å². The van der Waals surface area contributed by atoms with E-state index in [9.17, 15) is 9.59 Å². The quantitative estimate of drug-likeness (QED) is 0.768. The molecule has 3 atom stereocenters. The van der Waals surface area contributed by atoms with Gasteiger partial charge in [-0.3, -0.25) is 9.59 Å². The molecular formula is C24H34N2O4. The molecule has 1 fully saturated rings. The van der Waals surface area contributed by atoms with Gasteiger partial charge in [0.05, 0.1) is 25.2 Å². The zero-order valence-electron chi connectivity index (χ0n) is 19.0. The molecule has 1 amide bonds. The van der Waals surface area contributed by atoms with Crippen LogP contribution in [0.1, 0.15) is 57.3 Å². The van der Waals surface area contributed by atoms with Crippen LogP contribution in [0.25, 0.3) is 10.8 Å². The molecule has 164 valence electrons. The smallest absolute Gasteiger partial charge is 0.258 e. The molecule has 1 aromatic heterocycles. The van der Waals surface area contributed by atoms with E-state index in [1.807, 2.05) is 0 Å². The number of ether oxygens (including phenoxy) is 2. The highest BCUT2D eigenvalue weighted by Gasteiger charge is 2.29. The second kappa shape index (κ2) is 9.11. The predicted octanol–water partition coefficient (Wildman–Crippen LogP) is 4.23. The summed E-state index contributed by atoms with van der Waals surface area (Å²) in [5, 5.41) is 4.30. The van der Waals surface area contributed by atoms with E-state index in [0.717, 1.165) is 12.8 Å². The lowest BCUT2D eigenvalue weighted by molar-refractivity contribution is 0.0892. The third kappa shape index (κ3) is 4.32. The first-order valence-electron chi connectivity index (χ1n) is 10.9. The normalized spacial score (nSPS) is 21.6. The van der Waals surface area contributed by atoms with Gasteiger partial charge >= 0.3 is 0 Å². The predicted molar refractivity (Wildman–Crippen MR) is 120 cm³/mol. The number of fused-ring (bicyclic) bond motifs is 1. The highest BCUT2D eigenvalue weighted by atomic mass is 16.5. The molecule has 1 aliphatic rings. The number of hydrogen-bond donors (Lipinski definition) is 1. The number of amides is 1. The number of nitrogens with zero attached hydrogens (tertiary/aromatic N) is 1. The largest absolute Gasteiger partial charge is 0.493 e. The first kappa shape index (κ1) is 22.2. The van der Waals surface area contributed by atoms with Crippen molar-refractivity contribution in [1.29, 1.82) is 0 Å². The number of aromatic nitrogens is 1. The molecule has 6 heteroatoms. The van der Waals surface area contributed by atoms with Gasteiger partial charge in [0.1, 0.15) is 0 Å². The lowest BCUT2D eigenvalue weighted by atomic mass is 9.78. The van der Waals surface area contributed by atoms with Crippen LogP contribution in [0.3, 0.4) is 0 Å². The molecule has 1 N–H and O–H groups in total. The van der Waals surface area contributed by atoms with E-state index in [-0.39, 0.29) is 23.4 Å². The number of carbonyl (C=O) groups excluding carboxylic acids is 1. The summed E-state index contributed by atoms with van der Waals surface area (Å²) in [6, 6.07) is 3.55. The summed E-state index contributed by atoms with van der Waals surface area (Å²) in [4.78, 5) is 26.5. The van der Waals surface area contributed by atoms with Crippen LogP contribution in [0.15, 0.2) is 23.1 Å². The third-order valence-corrected chi connectivity index (χ3v) is 6.42. The Morgan fingerprint density at radius 1 is 1.13 bits per heavy atom. The van der Waals surface area contributed by atoms with Gasteiger partial charge in [-0.2, -0.15) is 0 Å². The van der Waals surface area contributed by atoms with Crippen LogP contribution in [0.4, 0.5) is 0 Å². The van der Waals surface area contributed by atoms with Crippen molar-refractivity contribution in [2.75, 3.05) is 14.2 Å². The minimum atomic E-state index is -0.143. The fraction of sp³-hybridized carbons (Fsp3) is 0.583. The van der Waals surface area contributed by atoms with Gasteiger partial charge in [0.15, 0.2) is 11.5 Å². The minimum Gasteiger partial charge on any atom is -0.493 e. The lowest BCUT2D eigenvalue weighted by Crippen LogP contribution is -2.44. The van der Waals surface area contributed by atoms with Crippen molar-refractivity contribution in [2.45, 2.75) is 59.5 Å². The zero-order valence-corrected chi connectivity index (χ0v) is 19.0. The molecule has 0 aliphatic heterocycles. The van der Waals surface area contributed by atoms with Crippen LogP contribution in [-0.2, 0) is 6.54 Å². The van der Waals surface area contributed by atoms with Crippen molar-refractivity contribution in [2.24, 2.45) is 17.8 Å². The maximum absolute atomic E-state index is 13.4. The van der Waals surface area contributed by atoms with E-state index >= 15 is 0 Å². The first-order chi connectivity index (χ1) is 14.3. The van der Waals surface area contributed by atoms with Crippen molar-refractivity contribution < 1.29 is 14.3 Å². The Balaban J connectivity index is 2.12. The van der Waals surface area contributed by atoms with Gasteiger partial charge in [-0.15, -0.1) is 0 Å². The molecule has 0 spiro atoms. The molecule has 30 heavy (non-hydrogen) atoms. The van der Waals surface area contributed by atoms with Crippen LogP contribution in [0.5, 0.6) is 11.5 Å². The second-order valence-corrected chi connectivity index (χ2v) is 8.99. The van der Waals surface area contributed by atoms with Crippen molar-refractivity contribution in [1.82, 2.24) is 9.88 Å². The molecule has 1 aliphatic carbocycles. The summed E-state index contributed by atoms with van der Waals surface area (Å²) in [5.74, 6) is 2.11. The topological polar surface area (TPSA) is 69.6 Å². The average molecular weight is 415 g/mol. The van der Waals surface area contributed by atoms with E-state index in [0.29, 0.717) is 46.2 Å². The van der Waals surface area contributed by atoms with Crippen LogP contribution in [0, 0.1) is 17.8 Å². The number of hydrogen-bond acceptors (Lipinski definition) is 4. The highest BCUT2D eigenvalue weighted by Crippen LogP contribution is 2.33. The van der Waals surface area contributed by atoms with E-state index in [1.165, 1.54) is 6.42 Å². The zero-order chi connectivity index (χ0) is 22.0. The fourth-order valence-corrected chi connectivity index (χ4v) is 4.46. The van der Waals surface area contributed by atoms with Gasteiger partial charge in [0.2, 0.25) is 0 Å². The Kier molecular flexibility index (Phi) is 6.74. The molecule has 0 radical (unpaired) electrons. The van der Waals surface area contributed by atoms with Crippen LogP contribution in [0.2, 0.25) is 0 Å². The van der Waals surface area contributed by atoms with E-state index in [2.05, 4.69) is 33.0 Å². The molecule has 1 heterocycles. The first-order valence-corrected chi connectivity index (χ1v) is 10.9. The van der Waals surface area contributed by atoms with Gasteiger partial charge in [0.25, 0.3) is 11.5 Å². The Morgan fingerprint density at radius 2 is 1.77 bits per heavy atom. The summed E-state index contributed by atoms with van der Waals surface area (Å²) >= 11 is 0. The van der Waals surface area contributed by atoms with Gasteiger partial charge in [-0.1, -0.05) is 40.5 Å². The van der Waals surface area contributed by atoms with E-state index in [1.54, 1.807) is 37.1 Å². The molecule has 3 rings (SSSR count). The number of carbonyl (C=O) groups is 1. The summed E-state index contributed by atoms with van der Waals surface area (Å²) in [5.41, 5.74) is 0.368. The Morgan fingerprint density at radius 3 is 2.37 bits per heavy atom. The average Bonchev–Trinajstić information content (AvgIpc) is 2.72. The number of methoxy groups -OCH3 is 2. The third-order valence-electron chi connectivity index (χ3n) is 6.42. The molecule has 1 aromatic carbocycles. The van der Waals surface area contributed by atoms with Crippen molar-refractivity contribution in [3.05, 3.63) is 34.2 Å². The SMILES string of the molecule is COc1cc2c(C(=O)N[C@@H]3CCC[C@@H](C)[C@H]3C)cn(CC(C)C)c(=O)c2cc1OC. The van der Waals surface area contributed by atoms with Crippen LogP contribution in [-0.4, -0.2) is 30.7 Å². The highest BCUT2D eigenvalue weighted by molar-refractivity contribution is 6.07. The number of pyridine rings is 1. The Hall–Kier alpha value is -2.50. The molecule has 2 aromatic rings. The van der Waals surface area contributed by atoms with Crippen LogP contribution < -0.4 is 20.3 Å². The number of rotatable bonds is 6. The van der Waals surface area contributed by atoms with Gasteiger partial charge < -0.3 is 19.4 Å². The molecule has 6 nitrogen and oxygen atoms in total. The maximum atomic E-state index is 13.4. The molecule has 0 bridgehead atoms. The van der Waals surface area contributed by atoms with Gasteiger partial charge in [-0.05, 0) is 36.3 Å². The number of benzene rings is 1. The molecular weight excluding hydrogens is 380 g/mol. The Bertz CT molecular complexity index is 979. The summed E-state index contributed by atoms with van der Waals surface area (Å²) in [6.07, 6.45) is 5.00. The molecule has 1 saturated carbocycles. The van der Waals surface area contributed by atoms with Crippen LogP contribution >= 0.6 is 0 Å². The van der Waals surface area contributed by atoms with Gasteiger partial charge in [-0.25, -0.2) is 0 Å². The second-order valence-electron chi connectivity index (χ2n) is 8.99. The number of nitrogens with one attached hydrogen (secondary N) is 1. The van der Waals surface area contributed by atoms with Crippen molar-refractivity contribution in [3.63, 3.8) is 0 Å². The maximum Gasteiger partial charge on any atom is 0.258 e.